The van der Waals surface area contributed by atoms with Gasteiger partial charge in [-0.15, -0.1) is 11.3 Å². The van der Waals surface area contributed by atoms with Crippen molar-refractivity contribution in [2.24, 2.45) is 5.92 Å². The van der Waals surface area contributed by atoms with Crippen molar-refractivity contribution in [3.8, 4) is 0 Å². The molecule has 0 aliphatic carbocycles. The smallest absolute Gasteiger partial charge is 0.228 e. The zero-order valence-corrected chi connectivity index (χ0v) is 16.2. The van der Waals surface area contributed by atoms with Crippen LogP contribution in [0.2, 0.25) is 0 Å². The van der Waals surface area contributed by atoms with Crippen LogP contribution in [0.3, 0.4) is 0 Å². The summed E-state index contributed by atoms with van der Waals surface area (Å²) in [7, 11) is 0. The van der Waals surface area contributed by atoms with Crippen molar-refractivity contribution in [1.82, 2.24) is 9.97 Å². The maximum Gasteiger partial charge on any atom is 0.228 e. The molecule has 28 heavy (non-hydrogen) atoms. The van der Waals surface area contributed by atoms with Crippen LogP contribution in [0, 0.1) is 5.92 Å². The van der Waals surface area contributed by atoms with Gasteiger partial charge in [0, 0.05) is 46.1 Å². The average molecular weight is 388 g/mol. The number of thiophene rings is 1. The van der Waals surface area contributed by atoms with Crippen LogP contribution in [-0.4, -0.2) is 29.0 Å². The summed E-state index contributed by atoms with van der Waals surface area (Å²) in [4.78, 5) is 23.8. The van der Waals surface area contributed by atoms with Crippen molar-refractivity contribution in [2.75, 3.05) is 23.3 Å². The Hall–Kier alpha value is -2.99. The lowest BCUT2D eigenvalue weighted by Crippen LogP contribution is -2.38. The average Bonchev–Trinajstić information content (AvgIpc) is 3.18. The second-order valence-electron chi connectivity index (χ2n) is 7.11. The molecule has 5 rings (SSSR count). The minimum Gasteiger partial charge on any atom is -0.370 e. The van der Waals surface area contributed by atoms with Crippen LogP contribution in [0.25, 0.3) is 21.1 Å². The highest BCUT2D eigenvalue weighted by atomic mass is 32.1. The van der Waals surface area contributed by atoms with Crippen LogP contribution >= 0.6 is 11.3 Å². The number of carbonyl (C=O) groups excluding carboxylic acids is 1. The Morgan fingerprint density at radius 3 is 2.82 bits per heavy atom. The van der Waals surface area contributed by atoms with Crippen LogP contribution in [0.1, 0.15) is 12.8 Å². The number of fused-ring (bicyclic) bond motifs is 2. The minimum atomic E-state index is 0.0161. The van der Waals surface area contributed by atoms with Crippen molar-refractivity contribution in [1.29, 1.82) is 0 Å². The number of nitrogens with one attached hydrogen (secondary N) is 1. The normalized spacial score (nSPS) is 15.2. The molecule has 4 aromatic rings. The largest absolute Gasteiger partial charge is 0.370 e. The lowest BCUT2D eigenvalue weighted by atomic mass is 9.95. The summed E-state index contributed by atoms with van der Waals surface area (Å²) in [5.41, 5.74) is 1.95. The number of pyridine rings is 2. The van der Waals surface area contributed by atoms with Gasteiger partial charge in [-0.2, -0.15) is 0 Å². The van der Waals surface area contributed by atoms with Gasteiger partial charge in [0.05, 0.1) is 5.69 Å². The summed E-state index contributed by atoms with van der Waals surface area (Å²) in [6.07, 6.45) is 3.41. The second kappa shape index (κ2) is 7.20. The molecular formula is C22H20N4OS. The zero-order valence-electron chi connectivity index (χ0n) is 15.3. The number of hydrogen-bond donors (Lipinski definition) is 1. The highest BCUT2D eigenvalue weighted by Gasteiger charge is 2.26. The van der Waals surface area contributed by atoms with Gasteiger partial charge in [-0.3, -0.25) is 4.79 Å². The zero-order chi connectivity index (χ0) is 18.9. The van der Waals surface area contributed by atoms with Crippen molar-refractivity contribution >= 4 is 49.9 Å². The first-order valence-corrected chi connectivity index (χ1v) is 10.4. The molecule has 1 saturated heterocycles. The van der Waals surface area contributed by atoms with Gasteiger partial charge in [0.2, 0.25) is 5.91 Å². The molecule has 0 unspecified atom stereocenters. The molecule has 1 amide bonds. The fourth-order valence-corrected chi connectivity index (χ4v) is 4.81. The number of nitrogens with zero attached hydrogens (tertiary/aromatic N) is 3. The summed E-state index contributed by atoms with van der Waals surface area (Å²) >= 11 is 1.78. The molecule has 0 saturated carbocycles. The summed E-state index contributed by atoms with van der Waals surface area (Å²) < 4.78 is 1.31. The van der Waals surface area contributed by atoms with Crippen LogP contribution in [0.15, 0.2) is 60.1 Å². The van der Waals surface area contributed by atoms with E-state index in [4.69, 9.17) is 0 Å². The van der Waals surface area contributed by atoms with E-state index in [0.717, 1.165) is 31.3 Å². The lowest BCUT2D eigenvalue weighted by Gasteiger charge is -2.32. The van der Waals surface area contributed by atoms with Crippen molar-refractivity contribution in [2.45, 2.75) is 12.8 Å². The first-order chi connectivity index (χ1) is 13.8. The molecule has 0 spiro atoms. The van der Waals surface area contributed by atoms with Crippen LogP contribution in [0.5, 0.6) is 0 Å². The summed E-state index contributed by atoms with van der Waals surface area (Å²) in [5.74, 6) is 0.641. The molecule has 1 N–H and O–H groups in total. The molecule has 5 nitrogen and oxygen atoms in total. The third-order valence-electron chi connectivity index (χ3n) is 5.38. The Labute approximate surface area is 167 Å². The predicted molar refractivity (Wildman–Crippen MR) is 115 cm³/mol. The fraction of sp³-hybridized carbons (Fsp3) is 0.227. The van der Waals surface area contributed by atoms with Gasteiger partial charge < -0.3 is 10.2 Å². The molecule has 1 aliphatic heterocycles. The number of piperidine rings is 1. The van der Waals surface area contributed by atoms with E-state index >= 15 is 0 Å². The molecule has 4 heterocycles. The maximum absolute atomic E-state index is 12.7. The summed E-state index contributed by atoms with van der Waals surface area (Å²) in [5, 5.41) is 7.49. The molecule has 0 atom stereocenters. The van der Waals surface area contributed by atoms with E-state index < -0.39 is 0 Å². The Balaban J connectivity index is 1.25. The number of amides is 1. The maximum atomic E-state index is 12.7. The number of aromatic nitrogens is 2. The monoisotopic (exact) mass is 388 g/mol. The van der Waals surface area contributed by atoms with Gasteiger partial charge in [-0.05, 0) is 43.2 Å². The van der Waals surface area contributed by atoms with Crippen LogP contribution in [-0.2, 0) is 4.79 Å². The number of benzene rings is 1. The molecule has 0 radical (unpaired) electrons. The fourth-order valence-electron chi connectivity index (χ4n) is 3.84. The van der Waals surface area contributed by atoms with Crippen molar-refractivity contribution in [3.05, 3.63) is 60.1 Å². The van der Waals surface area contributed by atoms with Gasteiger partial charge in [0.1, 0.15) is 5.82 Å². The Bertz CT molecular complexity index is 1150. The Kier molecular flexibility index (Phi) is 4.41. The highest BCUT2D eigenvalue weighted by molar-refractivity contribution is 7.17. The third-order valence-corrected chi connectivity index (χ3v) is 6.33. The lowest BCUT2D eigenvalue weighted by molar-refractivity contribution is -0.120. The van der Waals surface area contributed by atoms with Crippen LogP contribution in [0.4, 0.5) is 11.5 Å². The SMILES string of the molecule is O=C(Nc1ccc2cccnc2n1)C1CCN(c2csc3ccccc23)CC1. The number of carbonyl (C=O) groups is 1. The molecule has 0 bridgehead atoms. The van der Waals surface area contributed by atoms with Crippen molar-refractivity contribution < 1.29 is 4.79 Å². The van der Waals surface area contributed by atoms with Gasteiger partial charge in [-0.25, -0.2) is 9.97 Å². The summed E-state index contributed by atoms with van der Waals surface area (Å²) in [6, 6.07) is 16.1. The van der Waals surface area contributed by atoms with E-state index in [-0.39, 0.29) is 11.8 Å². The molecular weight excluding hydrogens is 368 g/mol. The first kappa shape index (κ1) is 17.1. The molecule has 1 fully saturated rings. The van der Waals surface area contributed by atoms with E-state index in [2.05, 4.69) is 49.8 Å². The summed E-state index contributed by atoms with van der Waals surface area (Å²) in [6.45, 7) is 1.79. The Morgan fingerprint density at radius 1 is 1.07 bits per heavy atom. The highest BCUT2D eigenvalue weighted by Crippen LogP contribution is 2.35. The molecule has 1 aliphatic rings. The first-order valence-electron chi connectivity index (χ1n) is 9.52. The number of rotatable bonds is 3. The predicted octanol–water partition coefficient (Wildman–Crippen LogP) is 4.70. The van der Waals surface area contributed by atoms with Gasteiger partial charge in [-0.1, -0.05) is 18.2 Å². The van der Waals surface area contributed by atoms with E-state index in [0.29, 0.717) is 11.5 Å². The minimum absolute atomic E-state index is 0.0161. The standard InChI is InChI=1S/C22H20N4OS/c27-22(25-20-8-7-15-4-3-11-23-21(15)24-20)16-9-12-26(13-10-16)18-14-28-19-6-2-1-5-17(18)19/h1-8,11,14,16H,9-10,12-13H2,(H,23,24,25,27). The molecule has 140 valence electrons. The topological polar surface area (TPSA) is 58.1 Å². The van der Waals surface area contributed by atoms with Crippen molar-refractivity contribution in [3.63, 3.8) is 0 Å². The number of hydrogen-bond acceptors (Lipinski definition) is 5. The van der Waals surface area contributed by atoms with Gasteiger partial charge in [0.15, 0.2) is 5.65 Å². The third kappa shape index (κ3) is 3.20. The molecule has 3 aromatic heterocycles. The van der Waals surface area contributed by atoms with Crippen LogP contribution < -0.4 is 10.2 Å². The Morgan fingerprint density at radius 2 is 1.93 bits per heavy atom. The van der Waals surface area contributed by atoms with E-state index in [9.17, 15) is 4.79 Å². The van der Waals surface area contributed by atoms with Gasteiger partial charge in [0.25, 0.3) is 0 Å². The number of anilines is 2. The van der Waals surface area contributed by atoms with E-state index in [1.54, 1.807) is 17.5 Å². The quantitative estimate of drug-likeness (QED) is 0.553. The van der Waals surface area contributed by atoms with Gasteiger partial charge >= 0.3 is 0 Å². The molecule has 6 heteroatoms. The molecule has 1 aromatic carbocycles. The second-order valence-corrected chi connectivity index (χ2v) is 8.03. The van der Waals surface area contributed by atoms with E-state index in [1.807, 2.05) is 24.3 Å². The van der Waals surface area contributed by atoms with E-state index in [1.165, 1.54) is 15.8 Å².